The summed E-state index contributed by atoms with van der Waals surface area (Å²) >= 11 is 1.71. The van der Waals surface area contributed by atoms with Gasteiger partial charge in [-0.05, 0) is 43.4 Å². The van der Waals surface area contributed by atoms with Gasteiger partial charge in [0.2, 0.25) is 0 Å². The van der Waals surface area contributed by atoms with Crippen LogP contribution < -0.4 is 10.6 Å². The van der Waals surface area contributed by atoms with E-state index in [-0.39, 0.29) is 5.82 Å². The smallest absolute Gasteiger partial charge is 0.191 e. The van der Waals surface area contributed by atoms with Crippen LogP contribution in [0.4, 0.5) is 4.39 Å². The van der Waals surface area contributed by atoms with E-state index in [9.17, 15) is 4.39 Å². The number of benzene rings is 1. The molecule has 0 aliphatic heterocycles. The van der Waals surface area contributed by atoms with Gasteiger partial charge in [-0.3, -0.25) is 4.99 Å². The van der Waals surface area contributed by atoms with Crippen LogP contribution in [0.5, 0.6) is 0 Å². The van der Waals surface area contributed by atoms with E-state index in [0.29, 0.717) is 6.54 Å². The molecule has 2 rings (SSSR count). The molecule has 0 aliphatic rings. The summed E-state index contributed by atoms with van der Waals surface area (Å²) in [5, 5.41) is 14.6. The summed E-state index contributed by atoms with van der Waals surface area (Å²) in [5.74, 6) is 3.24. The maximum atomic E-state index is 12.8. The molecule has 0 amide bonds. The van der Waals surface area contributed by atoms with Gasteiger partial charge in [0.25, 0.3) is 0 Å². The first kappa shape index (κ1) is 18.3. The van der Waals surface area contributed by atoms with E-state index >= 15 is 0 Å². The summed E-state index contributed by atoms with van der Waals surface area (Å²) < 4.78 is 14.8. The SMILES string of the molecule is CN=C(NCCCSc1ccc(F)cc1)NCc1nnc(C)n1C. The molecule has 0 unspecified atom stereocenters. The van der Waals surface area contributed by atoms with E-state index in [1.807, 2.05) is 18.5 Å². The lowest BCUT2D eigenvalue weighted by molar-refractivity contribution is 0.626. The van der Waals surface area contributed by atoms with Crippen molar-refractivity contribution in [3.05, 3.63) is 41.7 Å². The molecular weight excluding hydrogens is 327 g/mol. The molecule has 2 N–H and O–H groups in total. The Balaban J connectivity index is 1.64. The predicted molar refractivity (Wildman–Crippen MR) is 95.7 cm³/mol. The third kappa shape index (κ3) is 5.52. The Bertz CT molecular complexity index is 668. The van der Waals surface area contributed by atoms with Crippen molar-refractivity contribution in [2.45, 2.75) is 24.8 Å². The Hall–Kier alpha value is -2.09. The number of guanidine groups is 1. The van der Waals surface area contributed by atoms with Gasteiger partial charge < -0.3 is 15.2 Å². The standard InChI is InChI=1S/C16H23FN6S/c1-12-21-22-15(23(12)3)11-20-16(18-2)19-9-4-10-24-14-7-5-13(17)6-8-14/h5-8H,4,9-11H2,1-3H3,(H2,18,19,20). The summed E-state index contributed by atoms with van der Waals surface area (Å²) in [4.78, 5) is 5.27. The van der Waals surface area contributed by atoms with E-state index in [1.54, 1.807) is 30.9 Å². The van der Waals surface area contributed by atoms with Crippen molar-refractivity contribution in [1.82, 2.24) is 25.4 Å². The van der Waals surface area contributed by atoms with Gasteiger partial charge >= 0.3 is 0 Å². The lowest BCUT2D eigenvalue weighted by Gasteiger charge is -2.11. The molecule has 1 aromatic carbocycles. The van der Waals surface area contributed by atoms with Gasteiger partial charge in [-0.1, -0.05) is 0 Å². The Morgan fingerprint density at radius 2 is 2.00 bits per heavy atom. The quantitative estimate of drug-likeness (QED) is 0.346. The first-order chi connectivity index (χ1) is 11.6. The van der Waals surface area contributed by atoms with Crippen molar-refractivity contribution >= 4 is 17.7 Å². The molecule has 2 aromatic rings. The zero-order valence-electron chi connectivity index (χ0n) is 14.2. The summed E-state index contributed by atoms with van der Waals surface area (Å²) in [5.41, 5.74) is 0. The van der Waals surface area contributed by atoms with Crippen LogP contribution in [0, 0.1) is 12.7 Å². The van der Waals surface area contributed by atoms with Gasteiger partial charge in [0.05, 0.1) is 6.54 Å². The van der Waals surface area contributed by atoms with Crippen molar-refractivity contribution < 1.29 is 4.39 Å². The van der Waals surface area contributed by atoms with Crippen LogP contribution in [0.15, 0.2) is 34.2 Å². The Labute approximate surface area is 146 Å². The van der Waals surface area contributed by atoms with Crippen LogP contribution in [0.2, 0.25) is 0 Å². The van der Waals surface area contributed by atoms with Gasteiger partial charge in [-0.15, -0.1) is 22.0 Å². The highest BCUT2D eigenvalue weighted by atomic mass is 32.2. The number of thioether (sulfide) groups is 1. The van der Waals surface area contributed by atoms with Crippen LogP contribution in [0.1, 0.15) is 18.1 Å². The van der Waals surface area contributed by atoms with Crippen LogP contribution in [0.3, 0.4) is 0 Å². The van der Waals surface area contributed by atoms with Crippen LogP contribution in [0.25, 0.3) is 0 Å². The Kier molecular flexibility index (Phi) is 7.05. The number of aryl methyl sites for hydroxylation is 1. The van der Waals surface area contributed by atoms with Crippen molar-refractivity contribution in [2.75, 3.05) is 19.3 Å². The Morgan fingerprint density at radius 3 is 2.62 bits per heavy atom. The first-order valence-electron chi connectivity index (χ1n) is 7.78. The number of hydrogen-bond donors (Lipinski definition) is 2. The van der Waals surface area contributed by atoms with Gasteiger partial charge in [-0.25, -0.2) is 4.39 Å². The van der Waals surface area contributed by atoms with Crippen molar-refractivity contribution in [3.63, 3.8) is 0 Å². The summed E-state index contributed by atoms with van der Waals surface area (Å²) in [6, 6.07) is 6.58. The van der Waals surface area contributed by atoms with Gasteiger partial charge in [0.15, 0.2) is 11.8 Å². The summed E-state index contributed by atoms with van der Waals surface area (Å²) in [6.07, 6.45) is 0.978. The molecule has 0 radical (unpaired) electrons. The van der Waals surface area contributed by atoms with Gasteiger partial charge in [0.1, 0.15) is 11.6 Å². The third-order valence-corrected chi connectivity index (χ3v) is 4.61. The average Bonchev–Trinajstić information content (AvgIpc) is 2.91. The molecule has 1 heterocycles. The van der Waals surface area contributed by atoms with Crippen LogP contribution in [-0.2, 0) is 13.6 Å². The second-order valence-corrected chi connectivity index (χ2v) is 6.40. The molecule has 130 valence electrons. The van der Waals surface area contributed by atoms with E-state index in [0.717, 1.165) is 41.2 Å². The normalized spacial score (nSPS) is 11.6. The highest BCUT2D eigenvalue weighted by molar-refractivity contribution is 7.99. The Morgan fingerprint density at radius 1 is 1.25 bits per heavy atom. The topological polar surface area (TPSA) is 67.1 Å². The number of nitrogens with one attached hydrogen (secondary N) is 2. The maximum Gasteiger partial charge on any atom is 0.191 e. The summed E-state index contributed by atoms with van der Waals surface area (Å²) in [7, 11) is 3.68. The largest absolute Gasteiger partial charge is 0.356 e. The summed E-state index contributed by atoms with van der Waals surface area (Å²) in [6.45, 7) is 3.30. The van der Waals surface area contributed by atoms with Crippen LogP contribution >= 0.6 is 11.8 Å². The molecule has 24 heavy (non-hydrogen) atoms. The third-order valence-electron chi connectivity index (χ3n) is 3.52. The molecule has 0 fully saturated rings. The second-order valence-electron chi connectivity index (χ2n) is 5.23. The van der Waals surface area contributed by atoms with E-state index in [2.05, 4.69) is 25.8 Å². The number of aromatic nitrogens is 3. The minimum absolute atomic E-state index is 0.200. The monoisotopic (exact) mass is 350 g/mol. The fourth-order valence-corrected chi connectivity index (χ4v) is 2.84. The fraction of sp³-hybridized carbons (Fsp3) is 0.438. The van der Waals surface area contributed by atoms with E-state index in [1.165, 1.54) is 12.1 Å². The number of hydrogen-bond acceptors (Lipinski definition) is 4. The maximum absolute atomic E-state index is 12.8. The highest BCUT2D eigenvalue weighted by Crippen LogP contribution is 2.18. The first-order valence-corrected chi connectivity index (χ1v) is 8.76. The lowest BCUT2D eigenvalue weighted by Crippen LogP contribution is -2.38. The van der Waals surface area contributed by atoms with Gasteiger partial charge in [-0.2, -0.15) is 0 Å². The van der Waals surface area contributed by atoms with Crippen LogP contribution in [-0.4, -0.2) is 40.1 Å². The lowest BCUT2D eigenvalue weighted by atomic mass is 10.4. The fourth-order valence-electron chi connectivity index (χ4n) is 1.99. The minimum Gasteiger partial charge on any atom is -0.356 e. The van der Waals surface area contributed by atoms with E-state index < -0.39 is 0 Å². The molecule has 0 saturated heterocycles. The zero-order valence-corrected chi connectivity index (χ0v) is 15.0. The molecular formula is C16H23FN6S. The van der Waals surface area contributed by atoms with E-state index in [4.69, 9.17) is 0 Å². The van der Waals surface area contributed by atoms with Gasteiger partial charge in [0, 0.05) is 25.5 Å². The molecule has 0 atom stereocenters. The zero-order chi connectivity index (χ0) is 17.4. The van der Waals surface area contributed by atoms with Crippen molar-refractivity contribution in [2.24, 2.45) is 12.0 Å². The molecule has 1 aromatic heterocycles. The molecule has 8 heteroatoms. The molecule has 6 nitrogen and oxygen atoms in total. The second kappa shape index (κ2) is 9.27. The number of aliphatic imine (C=N–C) groups is 1. The highest BCUT2D eigenvalue weighted by Gasteiger charge is 2.05. The van der Waals surface area contributed by atoms with Crippen molar-refractivity contribution in [1.29, 1.82) is 0 Å². The molecule has 0 spiro atoms. The average molecular weight is 350 g/mol. The number of halogens is 1. The minimum atomic E-state index is -0.200. The predicted octanol–water partition coefficient (Wildman–Crippen LogP) is 2.11. The van der Waals surface area contributed by atoms with Crippen molar-refractivity contribution in [3.8, 4) is 0 Å². The molecule has 0 bridgehead atoms. The number of nitrogens with zero attached hydrogens (tertiary/aromatic N) is 4. The molecule has 0 saturated carbocycles. The number of rotatable bonds is 7. The molecule has 0 aliphatic carbocycles.